The van der Waals surface area contributed by atoms with E-state index in [-0.39, 0.29) is 41.2 Å². The summed E-state index contributed by atoms with van der Waals surface area (Å²) in [4.78, 5) is 49.8. The largest absolute Gasteiger partial charge is 0.504 e. The van der Waals surface area contributed by atoms with Gasteiger partial charge in [0.25, 0.3) is 0 Å². The molecule has 0 aromatic heterocycles. The molecule has 2 saturated heterocycles. The van der Waals surface area contributed by atoms with Crippen molar-refractivity contribution in [2.24, 2.45) is 35.5 Å². The molecule has 1 aromatic rings. The number of ether oxygens (including phenoxy) is 1. The van der Waals surface area contributed by atoms with E-state index in [1.165, 1.54) is 13.2 Å². The zero-order valence-electron chi connectivity index (χ0n) is 16.8. The number of benzene rings is 1. The van der Waals surface area contributed by atoms with Crippen LogP contribution in [0, 0.1) is 35.5 Å². The van der Waals surface area contributed by atoms with Crippen LogP contribution in [0.15, 0.2) is 35.9 Å². The van der Waals surface area contributed by atoms with Crippen molar-refractivity contribution in [3.05, 3.63) is 41.5 Å². The van der Waals surface area contributed by atoms with Gasteiger partial charge in [0.2, 0.25) is 23.6 Å². The number of hydrogen-bond donors (Lipinski definition) is 3. The van der Waals surface area contributed by atoms with Crippen LogP contribution < -0.4 is 15.4 Å². The van der Waals surface area contributed by atoms with Gasteiger partial charge in [-0.2, -0.15) is 0 Å². The number of phenolic OH excluding ortho intramolecular Hbond substituents is 1. The van der Waals surface area contributed by atoms with Crippen molar-refractivity contribution in [2.45, 2.75) is 12.8 Å². The second kappa shape index (κ2) is 7.08. The maximum Gasteiger partial charge on any atom is 0.231 e. The Kier molecular flexibility index (Phi) is 4.46. The number of allylic oxidation sites excluding steroid dienone is 3. The number of carbonyl (C=O) groups is 4. The van der Waals surface area contributed by atoms with Crippen LogP contribution in [0.1, 0.15) is 18.4 Å². The van der Waals surface area contributed by atoms with E-state index in [2.05, 4.69) is 10.6 Å². The molecule has 8 nitrogen and oxygen atoms in total. The molecule has 6 atom stereocenters. The first kappa shape index (κ1) is 19.5. The topological polar surface area (TPSA) is 122 Å². The summed E-state index contributed by atoms with van der Waals surface area (Å²) in [7, 11) is 1.46. The second-order valence-electron chi connectivity index (χ2n) is 8.57. The van der Waals surface area contributed by atoms with Gasteiger partial charge in [0, 0.05) is 5.92 Å². The number of amides is 4. The minimum Gasteiger partial charge on any atom is -0.504 e. The number of aromatic hydroxyl groups is 1. The van der Waals surface area contributed by atoms with Crippen molar-refractivity contribution in [3.8, 4) is 11.5 Å². The number of fused-ring (bicyclic) bond motifs is 4. The molecule has 2 heterocycles. The molecule has 5 rings (SSSR count). The van der Waals surface area contributed by atoms with Crippen molar-refractivity contribution >= 4 is 29.7 Å². The van der Waals surface area contributed by atoms with E-state index in [0.29, 0.717) is 18.6 Å². The van der Waals surface area contributed by atoms with E-state index in [9.17, 15) is 24.3 Å². The molecule has 4 amide bonds. The van der Waals surface area contributed by atoms with E-state index >= 15 is 0 Å². The first-order chi connectivity index (χ1) is 14.9. The number of carbonyl (C=O) groups excluding carboxylic acids is 4. The molecule has 160 valence electrons. The standard InChI is InChI=1S/C23H22N2O6/c1-31-17-8-10(3-7-16(17)26)2-4-12-11-5-6-13-19(23(30)24-20(13)27)14(11)9-15-18(12)22(29)25-21(15)28/h2-5,7-8,12-15,18-19,26H,6,9H2,1H3,(H,24,27,30)(H,25,28,29)/t12-,13-,14+,15+,18-,19-/m0/s1. The lowest BCUT2D eigenvalue weighted by molar-refractivity contribution is -0.128. The maximum absolute atomic E-state index is 12.6. The van der Waals surface area contributed by atoms with Gasteiger partial charge in [-0.1, -0.05) is 29.9 Å². The average Bonchev–Trinajstić information content (AvgIpc) is 3.21. The van der Waals surface area contributed by atoms with Crippen LogP contribution in [-0.2, 0) is 19.2 Å². The molecule has 3 N–H and O–H groups in total. The Bertz CT molecular complexity index is 1070. The van der Waals surface area contributed by atoms with Crippen molar-refractivity contribution < 1.29 is 29.0 Å². The third-order valence-corrected chi connectivity index (χ3v) is 7.09. The van der Waals surface area contributed by atoms with E-state index in [4.69, 9.17) is 4.74 Å². The summed E-state index contributed by atoms with van der Waals surface area (Å²) in [6.07, 6.45) is 6.51. The molecule has 3 fully saturated rings. The van der Waals surface area contributed by atoms with Crippen LogP contribution in [-0.4, -0.2) is 35.8 Å². The highest BCUT2D eigenvalue weighted by Crippen LogP contribution is 2.53. The highest BCUT2D eigenvalue weighted by molar-refractivity contribution is 6.07. The third-order valence-electron chi connectivity index (χ3n) is 7.09. The smallest absolute Gasteiger partial charge is 0.231 e. The number of nitrogens with one attached hydrogen (secondary N) is 2. The van der Waals surface area contributed by atoms with Crippen LogP contribution in [0.25, 0.3) is 6.08 Å². The Balaban J connectivity index is 1.54. The molecule has 4 aliphatic rings. The van der Waals surface area contributed by atoms with Gasteiger partial charge in [-0.3, -0.25) is 29.8 Å². The lowest BCUT2D eigenvalue weighted by atomic mass is 9.58. The van der Waals surface area contributed by atoms with E-state index in [1.54, 1.807) is 12.1 Å². The SMILES string of the molecule is COc1cc(C=C[C@H]2C3=CC[C@@H]4C(=O)NC(=O)[C@@H]4[C@@H]3C[C@H]3C(=O)NC(=O)[C@@H]23)ccc1O. The van der Waals surface area contributed by atoms with Crippen LogP contribution in [0.3, 0.4) is 0 Å². The predicted molar refractivity (Wildman–Crippen MR) is 108 cm³/mol. The molecule has 1 aromatic carbocycles. The Morgan fingerprint density at radius 1 is 0.968 bits per heavy atom. The molecule has 31 heavy (non-hydrogen) atoms. The van der Waals surface area contributed by atoms with Gasteiger partial charge in [0.15, 0.2) is 11.5 Å². The highest BCUT2D eigenvalue weighted by Gasteiger charge is 2.57. The molecule has 0 radical (unpaired) electrons. The zero-order chi connectivity index (χ0) is 21.9. The fraction of sp³-hybridized carbons (Fsp3) is 0.391. The second-order valence-corrected chi connectivity index (χ2v) is 8.57. The van der Waals surface area contributed by atoms with Gasteiger partial charge < -0.3 is 9.84 Å². The summed E-state index contributed by atoms with van der Waals surface area (Å²) in [5.74, 6) is -3.42. The van der Waals surface area contributed by atoms with Gasteiger partial charge in [-0.05, 0) is 36.5 Å². The molecule has 2 aliphatic carbocycles. The van der Waals surface area contributed by atoms with Gasteiger partial charge in [-0.25, -0.2) is 0 Å². The van der Waals surface area contributed by atoms with Crippen LogP contribution in [0.4, 0.5) is 0 Å². The average molecular weight is 422 g/mol. The Morgan fingerprint density at radius 2 is 1.68 bits per heavy atom. The van der Waals surface area contributed by atoms with Gasteiger partial charge in [0.1, 0.15) is 0 Å². The molecular weight excluding hydrogens is 400 g/mol. The molecule has 2 aliphatic heterocycles. The minimum atomic E-state index is -0.540. The van der Waals surface area contributed by atoms with E-state index in [1.807, 2.05) is 18.2 Å². The predicted octanol–water partition coefficient (Wildman–Crippen LogP) is 1.16. The molecule has 1 saturated carbocycles. The molecule has 0 spiro atoms. The number of hydrogen-bond acceptors (Lipinski definition) is 6. The summed E-state index contributed by atoms with van der Waals surface area (Å²) in [6, 6.07) is 4.92. The van der Waals surface area contributed by atoms with Crippen molar-refractivity contribution in [3.63, 3.8) is 0 Å². The minimum absolute atomic E-state index is 0.0242. The zero-order valence-corrected chi connectivity index (χ0v) is 16.8. The maximum atomic E-state index is 12.6. The lowest BCUT2D eigenvalue weighted by Crippen LogP contribution is -2.43. The van der Waals surface area contributed by atoms with Crippen molar-refractivity contribution in [2.75, 3.05) is 7.11 Å². The summed E-state index contributed by atoms with van der Waals surface area (Å²) < 4.78 is 5.15. The molecule has 8 heteroatoms. The molecular formula is C23H22N2O6. The fourth-order valence-corrected chi connectivity index (χ4v) is 5.68. The summed E-state index contributed by atoms with van der Waals surface area (Å²) >= 11 is 0. The van der Waals surface area contributed by atoms with E-state index in [0.717, 1.165) is 11.1 Å². The van der Waals surface area contributed by atoms with Crippen LogP contribution in [0.5, 0.6) is 11.5 Å². The normalized spacial score (nSPS) is 34.0. The fourth-order valence-electron chi connectivity index (χ4n) is 5.68. The van der Waals surface area contributed by atoms with Crippen molar-refractivity contribution in [1.82, 2.24) is 10.6 Å². The van der Waals surface area contributed by atoms with Crippen LogP contribution >= 0.6 is 0 Å². The Hall–Kier alpha value is -3.42. The quantitative estimate of drug-likeness (QED) is 0.496. The summed E-state index contributed by atoms with van der Waals surface area (Å²) in [5.41, 5.74) is 1.71. The highest BCUT2D eigenvalue weighted by atomic mass is 16.5. The van der Waals surface area contributed by atoms with Crippen molar-refractivity contribution in [1.29, 1.82) is 0 Å². The first-order valence-electron chi connectivity index (χ1n) is 10.3. The first-order valence-corrected chi connectivity index (χ1v) is 10.3. The van der Waals surface area contributed by atoms with Gasteiger partial charge in [0.05, 0.1) is 30.8 Å². The molecule has 0 unspecified atom stereocenters. The van der Waals surface area contributed by atoms with Gasteiger partial charge >= 0.3 is 0 Å². The number of phenols is 1. The number of methoxy groups -OCH3 is 1. The molecule has 0 bridgehead atoms. The Morgan fingerprint density at radius 3 is 2.42 bits per heavy atom. The summed E-state index contributed by atoms with van der Waals surface area (Å²) in [6.45, 7) is 0. The monoisotopic (exact) mass is 422 g/mol. The number of rotatable bonds is 3. The number of imide groups is 2. The van der Waals surface area contributed by atoms with Gasteiger partial charge in [-0.15, -0.1) is 0 Å². The summed E-state index contributed by atoms with van der Waals surface area (Å²) in [5, 5.41) is 14.7. The lowest BCUT2D eigenvalue weighted by Gasteiger charge is -2.42. The van der Waals surface area contributed by atoms with Crippen LogP contribution in [0.2, 0.25) is 0 Å². The Labute approximate surface area is 178 Å². The third kappa shape index (κ3) is 2.97. The van der Waals surface area contributed by atoms with E-state index < -0.39 is 23.7 Å².